The van der Waals surface area contributed by atoms with Gasteiger partial charge in [-0.05, 0) is 42.7 Å². The van der Waals surface area contributed by atoms with Crippen LogP contribution in [0.2, 0.25) is 5.02 Å². The summed E-state index contributed by atoms with van der Waals surface area (Å²) in [6.07, 6.45) is 0.375. The average molecular weight is 373 g/mol. The van der Waals surface area contributed by atoms with Gasteiger partial charge in [-0.1, -0.05) is 59.3 Å². The third-order valence-corrected chi connectivity index (χ3v) is 5.55. The van der Waals surface area contributed by atoms with Gasteiger partial charge in [0.25, 0.3) is 0 Å². The van der Waals surface area contributed by atoms with Crippen LogP contribution in [0.3, 0.4) is 0 Å². The van der Waals surface area contributed by atoms with Crippen molar-refractivity contribution in [2.45, 2.75) is 26.0 Å². The minimum atomic E-state index is 0.0898. The third-order valence-electron chi connectivity index (χ3n) is 4.23. The van der Waals surface area contributed by atoms with Crippen molar-refractivity contribution in [2.75, 3.05) is 13.1 Å². The number of aliphatic imine (C=N–C) groups is 1. The molecule has 0 aromatic heterocycles. The number of rotatable bonds is 4. The second kappa shape index (κ2) is 8.07. The number of hydrogen-bond acceptors (Lipinski definition) is 3. The number of nitrogens with zero attached hydrogens (tertiary/aromatic N) is 2. The highest BCUT2D eigenvalue weighted by molar-refractivity contribution is 8.13. The van der Waals surface area contributed by atoms with Crippen molar-refractivity contribution >= 4 is 34.4 Å². The molecule has 0 bridgehead atoms. The fourth-order valence-electron chi connectivity index (χ4n) is 2.75. The van der Waals surface area contributed by atoms with Crippen molar-refractivity contribution in [3.63, 3.8) is 0 Å². The SMILES string of the molecule is Cc1ccc(C)c(CSC2=NCCN2C(=O)Cc2ccc(Cl)cc2)c1. The minimum absolute atomic E-state index is 0.0898. The highest BCUT2D eigenvalue weighted by atomic mass is 35.5. The molecule has 0 unspecified atom stereocenters. The Bertz CT molecular complexity index is 802. The highest BCUT2D eigenvalue weighted by Gasteiger charge is 2.24. The molecule has 1 heterocycles. The summed E-state index contributed by atoms with van der Waals surface area (Å²) in [4.78, 5) is 19.0. The molecule has 0 N–H and O–H groups in total. The van der Waals surface area contributed by atoms with Gasteiger partial charge in [-0.15, -0.1) is 0 Å². The molecule has 3 nitrogen and oxygen atoms in total. The van der Waals surface area contributed by atoms with Crippen molar-refractivity contribution in [1.82, 2.24) is 4.90 Å². The molecule has 0 spiro atoms. The van der Waals surface area contributed by atoms with E-state index in [0.29, 0.717) is 24.5 Å². The highest BCUT2D eigenvalue weighted by Crippen LogP contribution is 2.23. The Morgan fingerprint density at radius 2 is 1.96 bits per heavy atom. The Hall–Kier alpha value is -1.78. The van der Waals surface area contributed by atoms with E-state index in [1.807, 2.05) is 29.2 Å². The van der Waals surface area contributed by atoms with Crippen LogP contribution >= 0.6 is 23.4 Å². The topological polar surface area (TPSA) is 32.7 Å². The molecule has 2 aromatic carbocycles. The van der Waals surface area contributed by atoms with Crippen LogP contribution in [0.15, 0.2) is 47.5 Å². The van der Waals surface area contributed by atoms with Gasteiger partial charge in [0.2, 0.25) is 5.91 Å². The maximum atomic E-state index is 12.6. The summed E-state index contributed by atoms with van der Waals surface area (Å²) >= 11 is 7.55. The van der Waals surface area contributed by atoms with Gasteiger partial charge in [-0.25, -0.2) is 0 Å². The van der Waals surface area contributed by atoms with Crippen LogP contribution in [-0.2, 0) is 17.0 Å². The van der Waals surface area contributed by atoms with Gasteiger partial charge < -0.3 is 0 Å². The summed E-state index contributed by atoms with van der Waals surface area (Å²) in [5.41, 5.74) is 4.80. The summed E-state index contributed by atoms with van der Waals surface area (Å²) in [5.74, 6) is 0.920. The van der Waals surface area contributed by atoms with Crippen molar-refractivity contribution in [1.29, 1.82) is 0 Å². The van der Waals surface area contributed by atoms with Gasteiger partial charge in [0.1, 0.15) is 0 Å². The molecule has 3 rings (SSSR count). The maximum absolute atomic E-state index is 12.6. The van der Waals surface area contributed by atoms with Gasteiger partial charge in [-0.3, -0.25) is 14.7 Å². The quantitative estimate of drug-likeness (QED) is 0.783. The van der Waals surface area contributed by atoms with Crippen LogP contribution in [0, 0.1) is 13.8 Å². The van der Waals surface area contributed by atoms with E-state index in [-0.39, 0.29) is 5.91 Å². The molecule has 0 fully saturated rings. The van der Waals surface area contributed by atoms with E-state index in [1.54, 1.807) is 11.8 Å². The Morgan fingerprint density at radius 3 is 2.72 bits per heavy atom. The maximum Gasteiger partial charge on any atom is 0.233 e. The number of carbonyl (C=O) groups excluding carboxylic acids is 1. The van der Waals surface area contributed by atoms with Crippen molar-refractivity contribution < 1.29 is 4.79 Å². The number of carbonyl (C=O) groups is 1. The van der Waals surface area contributed by atoms with Crippen molar-refractivity contribution in [2.24, 2.45) is 4.99 Å². The first kappa shape index (κ1) is 18.0. The zero-order valence-electron chi connectivity index (χ0n) is 14.5. The van der Waals surface area contributed by atoms with Gasteiger partial charge in [-0.2, -0.15) is 0 Å². The molecule has 1 amide bonds. The lowest BCUT2D eigenvalue weighted by Gasteiger charge is -2.18. The van der Waals surface area contributed by atoms with Crippen molar-refractivity contribution in [3.8, 4) is 0 Å². The molecule has 130 valence electrons. The Balaban J connectivity index is 1.62. The molecule has 0 saturated carbocycles. The van der Waals surface area contributed by atoms with E-state index in [2.05, 4.69) is 37.0 Å². The lowest BCUT2D eigenvalue weighted by Crippen LogP contribution is -2.34. The van der Waals surface area contributed by atoms with E-state index in [1.165, 1.54) is 16.7 Å². The van der Waals surface area contributed by atoms with Crippen LogP contribution in [0.1, 0.15) is 22.3 Å². The minimum Gasteiger partial charge on any atom is -0.289 e. The van der Waals surface area contributed by atoms with Gasteiger partial charge in [0.15, 0.2) is 5.17 Å². The Kier molecular flexibility index (Phi) is 5.82. The lowest BCUT2D eigenvalue weighted by molar-refractivity contribution is -0.126. The number of thioether (sulfide) groups is 1. The van der Waals surface area contributed by atoms with Gasteiger partial charge in [0, 0.05) is 17.3 Å². The van der Waals surface area contributed by atoms with Crippen LogP contribution in [0.25, 0.3) is 0 Å². The molecule has 0 aliphatic carbocycles. The largest absolute Gasteiger partial charge is 0.289 e. The number of amides is 1. The molecule has 25 heavy (non-hydrogen) atoms. The second-order valence-corrected chi connectivity index (χ2v) is 7.61. The smallest absolute Gasteiger partial charge is 0.233 e. The third kappa shape index (κ3) is 4.65. The van der Waals surface area contributed by atoms with Crippen LogP contribution in [-0.4, -0.2) is 29.1 Å². The molecular weight excluding hydrogens is 352 g/mol. The van der Waals surface area contributed by atoms with Crippen LogP contribution < -0.4 is 0 Å². The fourth-order valence-corrected chi connectivity index (χ4v) is 4.01. The average Bonchev–Trinajstić information content (AvgIpc) is 3.06. The number of halogens is 1. The number of hydrogen-bond donors (Lipinski definition) is 0. The van der Waals surface area contributed by atoms with Crippen LogP contribution in [0.4, 0.5) is 0 Å². The van der Waals surface area contributed by atoms with Gasteiger partial charge >= 0.3 is 0 Å². The monoisotopic (exact) mass is 372 g/mol. The summed E-state index contributed by atoms with van der Waals surface area (Å²) in [6, 6.07) is 13.9. The molecule has 0 atom stereocenters. The summed E-state index contributed by atoms with van der Waals surface area (Å²) in [5, 5.41) is 1.52. The molecule has 1 aliphatic heterocycles. The van der Waals surface area contributed by atoms with Gasteiger partial charge in [0.05, 0.1) is 13.0 Å². The van der Waals surface area contributed by atoms with E-state index in [0.717, 1.165) is 16.5 Å². The molecule has 0 radical (unpaired) electrons. The first-order valence-corrected chi connectivity index (χ1v) is 9.67. The molecular formula is C20H21ClN2OS. The van der Waals surface area contributed by atoms with E-state index in [4.69, 9.17) is 11.6 Å². The predicted octanol–water partition coefficient (Wildman–Crippen LogP) is 4.63. The normalized spacial score (nSPS) is 13.9. The summed E-state index contributed by atoms with van der Waals surface area (Å²) in [6.45, 7) is 5.57. The predicted molar refractivity (Wildman–Crippen MR) is 106 cm³/mol. The summed E-state index contributed by atoms with van der Waals surface area (Å²) in [7, 11) is 0. The van der Waals surface area contributed by atoms with Crippen LogP contribution in [0.5, 0.6) is 0 Å². The second-order valence-electron chi connectivity index (χ2n) is 6.23. The van der Waals surface area contributed by atoms with E-state index >= 15 is 0 Å². The zero-order chi connectivity index (χ0) is 17.8. The molecule has 0 saturated heterocycles. The molecule has 1 aliphatic rings. The fraction of sp³-hybridized carbons (Fsp3) is 0.300. The number of benzene rings is 2. The molecule has 5 heteroatoms. The zero-order valence-corrected chi connectivity index (χ0v) is 16.0. The number of amidine groups is 1. The Labute approximate surface area is 158 Å². The van der Waals surface area contributed by atoms with E-state index in [9.17, 15) is 4.79 Å². The molecule has 2 aromatic rings. The Morgan fingerprint density at radius 1 is 1.20 bits per heavy atom. The summed E-state index contributed by atoms with van der Waals surface area (Å²) < 4.78 is 0. The first-order valence-electron chi connectivity index (χ1n) is 8.31. The van der Waals surface area contributed by atoms with Crippen molar-refractivity contribution in [3.05, 3.63) is 69.7 Å². The van der Waals surface area contributed by atoms with E-state index < -0.39 is 0 Å². The lowest BCUT2D eigenvalue weighted by atomic mass is 10.1. The standard InChI is InChI=1S/C20H21ClN2OS/c1-14-3-4-15(2)17(11-14)13-25-20-22-9-10-23(20)19(24)12-16-5-7-18(21)8-6-16/h3-8,11H,9-10,12-13H2,1-2H3. The first-order chi connectivity index (χ1) is 12.0. The number of aryl methyl sites for hydroxylation is 2.